The molecule has 0 aromatic heterocycles. The van der Waals surface area contributed by atoms with Gasteiger partial charge < -0.3 is 0 Å². The Kier molecular flexibility index (Phi) is 1.59. The van der Waals surface area contributed by atoms with Gasteiger partial charge in [0.15, 0.2) is 0 Å². The molecule has 1 N–H and O–H groups in total. The summed E-state index contributed by atoms with van der Waals surface area (Å²) in [5.41, 5.74) is 0.548. The molecule has 0 spiro atoms. The Labute approximate surface area is 73.8 Å². The monoisotopic (exact) mass is 170 g/mol. The van der Waals surface area contributed by atoms with Crippen LogP contribution < -0.4 is 0 Å². The van der Waals surface area contributed by atoms with Crippen LogP contribution in [-0.2, 0) is 4.89 Å². The summed E-state index contributed by atoms with van der Waals surface area (Å²) in [6.45, 7) is 6.87. The molecule has 3 unspecified atom stereocenters. The quantitative estimate of drug-likeness (QED) is 0.484. The number of rotatable bonds is 1. The molecule has 2 nitrogen and oxygen atoms in total. The molecule has 12 heavy (non-hydrogen) atoms. The van der Waals surface area contributed by atoms with E-state index in [0.717, 1.165) is 12.3 Å². The van der Waals surface area contributed by atoms with Gasteiger partial charge in [-0.15, -0.1) is 0 Å². The highest BCUT2D eigenvalue weighted by Crippen LogP contribution is 2.66. The summed E-state index contributed by atoms with van der Waals surface area (Å²) >= 11 is 0. The van der Waals surface area contributed by atoms with E-state index in [1.54, 1.807) is 0 Å². The summed E-state index contributed by atoms with van der Waals surface area (Å²) in [4.78, 5) is 4.58. The van der Waals surface area contributed by atoms with Crippen LogP contribution in [0.2, 0.25) is 0 Å². The lowest BCUT2D eigenvalue weighted by Crippen LogP contribution is -2.36. The zero-order chi connectivity index (χ0) is 8.98. The Morgan fingerprint density at radius 2 is 2.00 bits per heavy atom. The third kappa shape index (κ3) is 0.728. The Bertz CT molecular complexity index is 200. The Balaban J connectivity index is 2.33. The summed E-state index contributed by atoms with van der Waals surface area (Å²) < 4.78 is 0. The lowest BCUT2D eigenvalue weighted by atomic mass is 9.70. The van der Waals surface area contributed by atoms with Crippen LogP contribution in [0.4, 0.5) is 0 Å². The number of hydrogen-bond donors (Lipinski definition) is 1. The molecular weight excluding hydrogens is 152 g/mol. The Morgan fingerprint density at radius 1 is 1.33 bits per heavy atom. The molecule has 3 atom stereocenters. The molecule has 2 aliphatic carbocycles. The predicted molar refractivity (Wildman–Crippen MR) is 46.7 cm³/mol. The first kappa shape index (κ1) is 8.52. The van der Waals surface area contributed by atoms with Gasteiger partial charge in [-0.05, 0) is 30.6 Å². The van der Waals surface area contributed by atoms with Crippen LogP contribution in [0.5, 0.6) is 0 Å². The topological polar surface area (TPSA) is 29.5 Å². The molecule has 2 aliphatic rings. The molecule has 2 rings (SSSR count). The molecule has 0 aromatic carbocycles. The van der Waals surface area contributed by atoms with Crippen molar-refractivity contribution in [2.75, 3.05) is 0 Å². The Hall–Kier alpha value is -0.0800. The second-order valence-electron chi connectivity index (χ2n) is 5.20. The molecule has 2 fully saturated rings. The molecule has 2 saturated carbocycles. The first-order valence-corrected chi connectivity index (χ1v) is 4.82. The standard InChI is InChI=1S/C10H18O2/c1-9(2)7-4-5-10(9,3)8(6-7)12-11/h7-8,11H,4-6H2,1-3H3. The normalized spacial score (nSPS) is 50.0. The van der Waals surface area contributed by atoms with Crippen molar-refractivity contribution >= 4 is 0 Å². The minimum absolute atomic E-state index is 0.0752. The van der Waals surface area contributed by atoms with E-state index in [4.69, 9.17) is 5.26 Å². The summed E-state index contributed by atoms with van der Waals surface area (Å²) in [6.07, 6.45) is 3.63. The lowest BCUT2D eigenvalue weighted by molar-refractivity contribution is -0.303. The van der Waals surface area contributed by atoms with Gasteiger partial charge >= 0.3 is 0 Å². The number of fused-ring (bicyclic) bond motifs is 2. The van der Waals surface area contributed by atoms with Gasteiger partial charge in [0, 0.05) is 5.41 Å². The largest absolute Gasteiger partial charge is 0.252 e. The van der Waals surface area contributed by atoms with Gasteiger partial charge in [0.2, 0.25) is 0 Å². The van der Waals surface area contributed by atoms with Crippen molar-refractivity contribution in [3.63, 3.8) is 0 Å². The van der Waals surface area contributed by atoms with Crippen molar-refractivity contribution in [2.45, 2.75) is 46.1 Å². The molecule has 70 valence electrons. The van der Waals surface area contributed by atoms with Gasteiger partial charge in [0.05, 0.1) is 6.10 Å². The van der Waals surface area contributed by atoms with Crippen LogP contribution in [0.3, 0.4) is 0 Å². The third-order valence-corrected chi connectivity index (χ3v) is 4.84. The zero-order valence-corrected chi connectivity index (χ0v) is 8.13. The van der Waals surface area contributed by atoms with Crippen LogP contribution >= 0.6 is 0 Å². The second-order valence-corrected chi connectivity index (χ2v) is 5.20. The van der Waals surface area contributed by atoms with Crippen molar-refractivity contribution in [2.24, 2.45) is 16.7 Å². The van der Waals surface area contributed by atoms with E-state index < -0.39 is 0 Å². The molecule has 0 saturated heterocycles. The fourth-order valence-electron chi connectivity index (χ4n) is 3.29. The van der Waals surface area contributed by atoms with Gasteiger partial charge in [0.25, 0.3) is 0 Å². The van der Waals surface area contributed by atoms with Crippen LogP contribution in [0.1, 0.15) is 40.0 Å². The molecule has 2 bridgehead atoms. The van der Waals surface area contributed by atoms with Crippen LogP contribution in [0.15, 0.2) is 0 Å². The van der Waals surface area contributed by atoms with E-state index in [0.29, 0.717) is 5.41 Å². The molecule has 0 amide bonds. The van der Waals surface area contributed by atoms with Gasteiger partial charge in [0.1, 0.15) is 0 Å². The molecule has 0 aliphatic heterocycles. The average Bonchev–Trinajstić information content (AvgIpc) is 2.34. The smallest absolute Gasteiger partial charge is 0.0988 e. The van der Waals surface area contributed by atoms with E-state index in [9.17, 15) is 0 Å². The molecule has 0 aromatic rings. The van der Waals surface area contributed by atoms with Crippen LogP contribution in [0.25, 0.3) is 0 Å². The molecule has 0 radical (unpaired) electrons. The maximum atomic E-state index is 8.79. The summed E-state index contributed by atoms with van der Waals surface area (Å²) in [5, 5.41) is 8.79. The van der Waals surface area contributed by atoms with Crippen molar-refractivity contribution in [3.05, 3.63) is 0 Å². The maximum Gasteiger partial charge on any atom is 0.0988 e. The molecule has 0 heterocycles. The fraction of sp³-hybridized carbons (Fsp3) is 1.00. The fourth-order valence-corrected chi connectivity index (χ4v) is 3.29. The first-order chi connectivity index (χ1) is 5.52. The average molecular weight is 170 g/mol. The minimum atomic E-state index is 0.0752. The van der Waals surface area contributed by atoms with Crippen molar-refractivity contribution in [1.82, 2.24) is 0 Å². The van der Waals surface area contributed by atoms with E-state index in [1.165, 1.54) is 12.8 Å². The van der Waals surface area contributed by atoms with E-state index in [-0.39, 0.29) is 11.5 Å². The van der Waals surface area contributed by atoms with E-state index >= 15 is 0 Å². The summed E-state index contributed by atoms with van der Waals surface area (Å²) in [6, 6.07) is 0. The van der Waals surface area contributed by atoms with Gasteiger partial charge in [-0.25, -0.2) is 4.89 Å². The highest BCUT2D eigenvalue weighted by molar-refractivity contribution is 5.10. The second kappa shape index (κ2) is 2.24. The summed E-state index contributed by atoms with van der Waals surface area (Å²) in [7, 11) is 0. The third-order valence-electron chi connectivity index (χ3n) is 4.84. The predicted octanol–water partition coefficient (Wildman–Crippen LogP) is 2.69. The zero-order valence-electron chi connectivity index (χ0n) is 8.13. The van der Waals surface area contributed by atoms with Gasteiger partial charge in [-0.3, -0.25) is 5.26 Å². The van der Waals surface area contributed by atoms with E-state index in [2.05, 4.69) is 25.7 Å². The number of hydrogen-bond acceptors (Lipinski definition) is 2. The van der Waals surface area contributed by atoms with Gasteiger partial charge in [-0.2, -0.15) is 0 Å². The first-order valence-electron chi connectivity index (χ1n) is 4.82. The van der Waals surface area contributed by atoms with Crippen molar-refractivity contribution < 1.29 is 10.1 Å². The minimum Gasteiger partial charge on any atom is -0.252 e. The molecular formula is C10H18O2. The van der Waals surface area contributed by atoms with E-state index in [1.807, 2.05) is 0 Å². The van der Waals surface area contributed by atoms with Crippen LogP contribution in [0, 0.1) is 16.7 Å². The van der Waals surface area contributed by atoms with Crippen LogP contribution in [-0.4, -0.2) is 11.4 Å². The van der Waals surface area contributed by atoms with Crippen molar-refractivity contribution in [1.29, 1.82) is 0 Å². The summed E-state index contributed by atoms with van der Waals surface area (Å²) in [5.74, 6) is 0.750. The SMILES string of the molecule is CC1(C)C2CCC1(C)C(OO)C2. The highest BCUT2D eigenvalue weighted by Gasteiger charge is 2.62. The molecule has 2 heteroatoms. The maximum absolute atomic E-state index is 8.79. The highest BCUT2D eigenvalue weighted by atomic mass is 17.1. The lowest BCUT2D eigenvalue weighted by Gasteiger charge is -2.37. The Morgan fingerprint density at radius 3 is 2.25 bits per heavy atom. The van der Waals surface area contributed by atoms with Crippen molar-refractivity contribution in [3.8, 4) is 0 Å². The van der Waals surface area contributed by atoms with Gasteiger partial charge in [-0.1, -0.05) is 20.8 Å².